The van der Waals surface area contributed by atoms with Crippen LogP contribution in [0.15, 0.2) is 99.0 Å². The molecule has 226 valence electrons. The number of halogens is 2. The summed E-state index contributed by atoms with van der Waals surface area (Å²) >= 11 is 6.75. The largest absolute Gasteiger partial charge is 0.454 e. The monoisotopic (exact) mass is 734 g/mol. The number of esters is 1. The zero-order valence-electron chi connectivity index (χ0n) is 22.9. The van der Waals surface area contributed by atoms with E-state index >= 15 is 0 Å². The molecule has 4 aromatic carbocycles. The molecule has 2 amide bonds. The first-order valence-corrected chi connectivity index (χ1v) is 14.5. The van der Waals surface area contributed by atoms with Crippen molar-refractivity contribution in [1.82, 2.24) is 5.43 Å². The number of hydrogen-bond donors (Lipinski definition) is 2. The van der Waals surface area contributed by atoms with E-state index in [-0.39, 0.29) is 23.8 Å². The Kier molecular flexibility index (Phi) is 9.65. The number of non-ortho nitro benzene ring substituents is 1. The lowest BCUT2D eigenvalue weighted by Gasteiger charge is -2.09. The van der Waals surface area contributed by atoms with Gasteiger partial charge in [-0.15, -0.1) is 0 Å². The van der Waals surface area contributed by atoms with Crippen molar-refractivity contribution in [2.45, 2.75) is 0 Å². The number of anilines is 1. The molecule has 1 aliphatic heterocycles. The molecule has 0 spiro atoms. The van der Waals surface area contributed by atoms with Crippen LogP contribution in [0.2, 0.25) is 0 Å². The molecule has 0 bridgehead atoms. The summed E-state index contributed by atoms with van der Waals surface area (Å²) in [5.41, 5.74) is 4.26. The van der Waals surface area contributed by atoms with Crippen molar-refractivity contribution in [3.05, 3.63) is 126 Å². The van der Waals surface area contributed by atoms with Crippen molar-refractivity contribution in [3.63, 3.8) is 0 Å². The van der Waals surface area contributed by atoms with Gasteiger partial charge in [-0.3, -0.25) is 19.7 Å². The van der Waals surface area contributed by atoms with E-state index in [2.05, 4.69) is 47.7 Å². The first kappa shape index (κ1) is 31.1. The smallest absolute Gasteiger partial charge is 0.336 e. The molecule has 0 fully saturated rings. The van der Waals surface area contributed by atoms with E-state index in [0.717, 1.165) is 0 Å². The van der Waals surface area contributed by atoms with Crippen molar-refractivity contribution in [3.8, 4) is 17.2 Å². The number of amides is 2. The van der Waals surface area contributed by atoms with Gasteiger partial charge in [-0.25, -0.2) is 10.2 Å². The summed E-state index contributed by atoms with van der Waals surface area (Å²) in [4.78, 5) is 48.4. The highest BCUT2D eigenvalue weighted by atomic mass is 79.9. The van der Waals surface area contributed by atoms with Gasteiger partial charge in [0.1, 0.15) is 0 Å². The molecular formula is C31H20Br2N4O8. The second-order valence-electron chi connectivity index (χ2n) is 9.21. The van der Waals surface area contributed by atoms with Crippen LogP contribution in [0, 0.1) is 10.1 Å². The Labute approximate surface area is 272 Å². The summed E-state index contributed by atoms with van der Waals surface area (Å²) in [6.07, 6.45) is 3.94. The van der Waals surface area contributed by atoms with Crippen LogP contribution in [0.4, 0.5) is 11.4 Å². The highest BCUT2D eigenvalue weighted by Gasteiger charge is 2.17. The van der Waals surface area contributed by atoms with Crippen molar-refractivity contribution >= 4 is 73.3 Å². The molecule has 45 heavy (non-hydrogen) atoms. The van der Waals surface area contributed by atoms with Gasteiger partial charge in [0.15, 0.2) is 17.2 Å². The average molecular weight is 736 g/mol. The number of fused-ring (bicyclic) bond motifs is 1. The molecule has 1 heterocycles. The molecule has 1 aliphatic rings. The SMILES string of the molecule is O=C(/C=C/c1ccc([N+](=O)[O-])cc1)Oc1c(Br)cc(Br)cc1C=NNC(=O)c1cccc(NC(=O)c2ccc3c(c2)OCO3)c1. The number of benzene rings is 4. The minimum atomic E-state index is -0.713. The van der Waals surface area contributed by atoms with Crippen LogP contribution in [0.3, 0.4) is 0 Å². The zero-order chi connectivity index (χ0) is 31.9. The molecule has 0 unspecified atom stereocenters. The molecule has 0 saturated heterocycles. The summed E-state index contributed by atoms with van der Waals surface area (Å²) in [6.45, 7) is 0.0921. The van der Waals surface area contributed by atoms with Crippen LogP contribution >= 0.6 is 31.9 Å². The summed E-state index contributed by atoms with van der Waals surface area (Å²) in [6, 6.07) is 20.1. The fourth-order valence-corrected chi connectivity index (χ4v) is 5.33. The summed E-state index contributed by atoms with van der Waals surface area (Å²) in [7, 11) is 0. The molecule has 0 saturated carbocycles. The maximum absolute atomic E-state index is 12.8. The van der Waals surface area contributed by atoms with Crippen LogP contribution in [-0.4, -0.2) is 35.7 Å². The lowest BCUT2D eigenvalue weighted by atomic mass is 10.1. The molecule has 0 aliphatic carbocycles. The number of nitrogens with zero attached hydrogens (tertiary/aromatic N) is 2. The van der Waals surface area contributed by atoms with Crippen LogP contribution in [0.25, 0.3) is 6.08 Å². The quantitative estimate of drug-likeness (QED) is 0.0494. The van der Waals surface area contributed by atoms with Gasteiger partial charge >= 0.3 is 5.97 Å². The van der Waals surface area contributed by atoms with Gasteiger partial charge in [0.2, 0.25) is 6.79 Å². The Morgan fingerprint density at radius 3 is 2.44 bits per heavy atom. The summed E-state index contributed by atoms with van der Waals surface area (Å²) in [5.74, 6) is -0.485. The number of hydrogen-bond acceptors (Lipinski definition) is 9. The van der Waals surface area contributed by atoms with Gasteiger partial charge < -0.3 is 19.5 Å². The van der Waals surface area contributed by atoms with Gasteiger partial charge in [-0.1, -0.05) is 22.0 Å². The molecule has 0 radical (unpaired) electrons. The highest BCUT2D eigenvalue weighted by molar-refractivity contribution is 9.11. The van der Waals surface area contributed by atoms with E-state index in [1.807, 2.05) is 0 Å². The van der Waals surface area contributed by atoms with E-state index in [1.165, 1.54) is 48.7 Å². The fraction of sp³-hybridized carbons (Fsp3) is 0.0323. The van der Waals surface area contributed by atoms with E-state index in [9.17, 15) is 24.5 Å². The number of carbonyl (C=O) groups excluding carboxylic acids is 3. The third-order valence-corrected chi connectivity index (χ3v) is 7.19. The molecule has 4 aromatic rings. The number of hydrazone groups is 1. The second kappa shape index (κ2) is 14.0. The predicted molar refractivity (Wildman–Crippen MR) is 172 cm³/mol. The zero-order valence-corrected chi connectivity index (χ0v) is 26.0. The van der Waals surface area contributed by atoms with Gasteiger partial charge in [-0.05, 0) is 88.2 Å². The van der Waals surface area contributed by atoms with Crippen molar-refractivity contribution in [2.24, 2.45) is 5.10 Å². The van der Waals surface area contributed by atoms with Crippen LogP contribution in [0.1, 0.15) is 31.8 Å². The van der Waals surface area contributed by atoms with E-state index in [1.54, 1.807) is 48.5 Å². The summed E-state index contributed by atoms with van der Waals surface area (Å²) < 4.78 is 17.2. The predicted octanol–water partition coefficient (Wildman–Crippen LogP) is 6.48. The lowest BCUT2D eigenvalue weighted by Crippen LogP contribution is -2.18. The van der Waals surface area contributed by atoms with E-state index in [4.69, 9.17) is 14.2 Å². The van der Waals surface area contributed by atoms with Gasteiger partial charge in [0.25, 0.3) is 17.5 Å². The minimum absolute atomic E-state index is 0.0679. The molecule has 0 atom stereocenters. The first-order valence-electron chi connectivity index (χ1n) is 12.9. The molecule has 5 rings (SSSR count). The van der Waals surface area contributed by atoms with Gasteiger partial charge in [-0.2, -0.15) is 5.10 Å². The number of rotatable bonds is 9. The Balaban J connectivity index is 1.23. The van der Waals surface area contributed by atoms with Crippen LogP contribution in [0.5, 0.6) is 17.2 Å². The molecule has 0 aromatic heterocycles. The highest BCUT2D eigenvalue weighted by Crippen LogP contribution is 2.33. The van der Waals surface area contributed by atoms with Crippen molar-refractivity contribution < 1.29 is 33.5 Å². The van der Waals surface area contributed by atoms with Gasteiger partial charge in [0.05, 0.1) is 15.6 Å². The normalized spacial score (nSPS) is 11.9. The number of nitro groups is 1. The first-order chi connectivity index (χ1) is 21.7. The lowest BCUT2D eigenvalue weighted by molar-refractivity contribution is -0.384. The van der Waals surface area contributed by atoms with Crippen LogP contribution in [-0.2, 0) is 4.79 Å². The van der Waals surface area contributed by atoms with E-state index in [0.29, 0.717) is 42.8 Å². The third-order valence-electron chi connectivity index (χ3n) is 6.14. The third kappa shape index (κ3) is 7.99. The fourth-order valence-electron chi connectivity index (χ4n) is 3.99. The van der Waals surface area contributed by atoms with Crippen LogP contribution < -0.4 is 25.0 Å². The Morgan fingerprint density at radius 2 is 1.67 bits per heavy atom. The molecular weight excluding hydrogens is 716 g/mol. The maximum Gasteiger partial charge on any atom is 0.336 e. The van der Waals surface area contributed by atoms with E-state index < -0.39 is 22.7 Å². The molecule has 12 nitrogen and oxygen atoms in total. The number of nitro benzene ring substituents is 1. The Morgan fingerprint density at radius 1 is 0.911 bits per heavy atom. The average Bonchev–Trinajstić information content (AvgIpc) is 3.50. The van der Waals surface area contributed by atoms with Gasteiger partial charge in [0, 0.05) is 45.1 Å². The maximum atomic E-state index is 12.8. The Bertz CT molecular complexity index is 1880. The number of nitrogens with one attached hydrogen (secondary N) is 2. The topological polar surface area (TPSA) is 158 Å². The number of ether oxygens (including phenoxy) is 3. The minimum Gasteiger partial charge on any atom is -0.454 e. The standard InChI is InChI=1S/C31H20Br2N4O8/c32-22-12-21(29(25(33)15-22)45-28(38)11-6-18-4-8-24(9-5-18)37(41)42)16-34-36-31(40)19-2-1-3-23(13-19)35-30(39)20-7-10-26-27(14-20)44-17-43-26/h1-16H,17H2,(H,35,39)(H,36,40)/b11-6+,34-16?. The van der Waals surface area contributed by atoms with Crippen molar-refractivity contribution in [2.75, 3.05) is 12.1 Å². The summed E-state index contributed by atoms with van der Waals surface area (Å²) in [5, 5.41) is 17.6. The Hall–Kier alpha value is -5.34. The molecule has 2 N–H and O–H groups in total. The van der Waals surface area contributed by atoms with Crippen molar-refractivity contribution in [1.29, 1.82) is 0 Å². The number of carbonyl (C=O) groups is 3. The second-order valence-corrected chi connectivity index (χ2v) is 11.0. The molecule has 14 heteroatoms.